The predicted molar refractivity (Wildman–Crippen MR) is 436 cm³/mol. The van der Waals surface area contributed by atoms with Crippen LogP contribution in [0, 0.1) is 0 Å². The number of H-pyrrole nitrogens is 4. The smallest absolute Gasteiger partial charge is 0.382 e. The molecule has 6 saturated heterocycles. The molecule has 65 nitrogen and oxygen atoms in total. The number of halogens is 2. The normalized spacial score (nSPS) is 31.1. The number of methoxy groups -OCH3 is 5. The van der Waals surface area contributed by atoms with Crippen molar-refractivity contribution < 1.29 is 172 Å². The fraction of sp³-hybridized carbons (Fsp3) is 0.556. The van der Waals surface area contributed by atoms with Crippen molar-refractivity contribution in [1.82, 2.24) is 97.2 Å². The summed E-state index contributed by atoms with van der Waals surface area (Å²) in [4.78, 5) is 204. The van der Waals surface area contributed by atoms with Gasteiger partial charge in [-0.1, -0.05) is 0 Å². The average Bonchev–Trinajstić information content (AvgIpc) is 1.60. The van der Waals surface area contributed by atoms with Gasteiger partial charge in [-0.3, -0.25) is 116 Å². The number of nitrogens with two attached hydrogens (primary N) is 4. The summed E-state index contributed by atoms with van der Waals surface area (Å²) in [7, 11) is -29.6. The number of hydrogen-bond donors (Lipinski definition) is 15. The van der Waals surface area contributed by atoms with E-state index in [4.69, 9.17) is 125 Å². The van der Waals surface area contributed by atoms with Gasteiger partial charge in [0.1, 0.15) is 121 Å². The van der Waals surface area contributed by atoms with Crippen LogP contribution in [0.1, 0.15) is 37.4 Å². The largest absolute Gasteiger partial charge is 0.472 e. The van der Waals surface area contributed by atoms with Crippen molar-refractivity contribution in [3.63, 3.8) is 0 Å². The van der Waals surface area contributed by atoms with Gasteiger partial charge in [0.05, 0.1) is 65.0 Å². The molecule has 29 atom stereocenters. The van der Waals surface area contributed by atoms with Crippen molar-refractivity contribution >= 4 is 115 Å². The van der Waals surface area contributed by atoms with E-state index >= 15 is 8.78 Å². The Labute approximate surface area is 752 Å². The highest BCUT2D eigenvalue weighted by atomic mass is 31.2. The molecule has 6 fully saturated rings. The molecule has 10 aromatic heterocycles. The summed E-state index contributed by atoms with van der Waals surface area (Å²) < 4.78 is 249. The number of imidazole rings is 4. The van der Waals surface area contributed by atoms with Gasteiger partial charge in [0, 0.05) is 60.1 Å². The number of aromatic amines is 4. The standard InChI is InChI=1S/C63H80F2N24O41P6/c1-109-10-22-38(43(111-3)58(121-22)88-20-76-34-50(88)80-60(68)82-52(34)92)127-135(105,106)117-15-27-41(45(113-5)59(124-27)89-21-77-35-51(89)81-61(69)83-53(35)93)130-136(107,108)118-14-26-40(44(112-4)57(123-26)87-19-75-33-47(67)71-17-73-49(33)87)129-134(103,104)115-12-24-37(31(65)54(119-24)84-8-6-28(90)78-62(84)94)126-132(99,100)116-13-25-39(42(110-2)56(122-25)85-9-7-29(91)79-63(85)95)128-133(101,102)114-11-23-36(125-131(96,97)98)30(64)55(120-23)86-18-74-32-46(66)70-16-72-48(32)86/h6-9,16-27,30-31,36-45,54-59H,10-15H2,1-5H3,(H,99,100)(H,101,102)(H,103,104)(H,105,106)(H,107,108)(H2,66,70,72)(H2,67,71,73)(H,78,90,94)(H,79,91,95)(H2,96,97,98)(H3,68,80,82,92)(H3,69,81,83,93)/t22-,23-,24-,25-,26-,27-,30+,31+,36?,37?,38?,39?,40?,41?,42+,43+,44+,45+,54-,55-,56-,57-,58-,59-/m1/s1. The molecule has 0 spiro atoms. The quantitative estimate of drug-likeness (QED) is 0.0164. The van der Waals surface area contributed by atoms with Crippen LogP contribution in [0.3, 0.4) is 0 Å². The van der Waals surface area contributed by atoms with Crippen LogP contribution in [-0.4, -0.2) is 317 Å². The summed E-state index contributed by atoms with van der Waals surface area (Å²) in [5.41, 5.74) is 16.2. The maximum atomic E-state index is 17.4. The number of nitrogen functional groups attached to an aromatic ring is 4. The van der Waals surface area contributed by atoms with Gasteiger partial charge in [-0.25, -0.2) is 85.6 Å². The lowest BCUT2D eigenvalue weighted by atomic mass is 10.1. The van der Waals surface area contributed by atoms with Gasteiger partial charge < -0.3 is 109 Å². The zero-order chi connectivity index (χ0) is 97.5. The number of ether oxygens (including phenoxy) is 11. The number of rotatable bonds is 39. The van der Waals surface area contributed by atoms with E-state index < -0.39 is 267 Å². The first-order valence-corrected chi connectivity index (χ1v) is 48.2. The fourth-order valence-corrected chi connectivity index (χ4v) is 21.2. The molecule has 19 N–H and O–H groups in total. The first-order chi connectivity index (χ1) is 64.4. The number of aromatic nitrogens is 20. The Morgan fingerprint density at radius 2 is 0.632 bits per heavy atom. The lowest BCUT2D eigenvalue weighted by Gasteiger charge is -2.28. The molecule has 0 amide bonds. The van der Waals surface area contributed by atoms with E-state index in [-0.39, 0.29) is 68.8 Å². The lowest BCUT2D eigenvalue weighted by molar-refractivity contribution is -0.0675. The zero-order valence-corrected chi connectivity index (χ0v) is 75.2. The molecule has 0 radical (unpaired) electrons. The van der Waals surface area contributed by atoms with Crippen LogP contribution >= 0.6 is 46.9 Å². The third kappa shape index (κ3) is 20.6. The van der Waals surface area contributed by atoms with Crippen LogP contribution in [0.25, 0.3) is 44.7 Å². The van der Waals surface area contributed by atoms with E-state index in [1.807, 2.05) is 9.97 Å². The van der Waals surface area contributed by atoms with Crippen LogP contribution in [0.15, 0.2) is 91.3 Å². The maximum Gasteiger partial charge on any atom is 0.472 e. The molecule has 6 aliphatic rings. The molecule has 6 aliphatic heterocycles. The number of phosphoric acid groups is 6. The number of fused-ring (bicyclic) bond motifs is 4. The Bertz CT molecular complexity index is 6810. The topological polar surface area (TPSA) is 875 Å². The Morgan fingerprint density at radius 1 is 0.353 bits per heavy atom. The highest BCUT2D eigenvalue weighted by Gasteiger charge is 2.60. The van der Waals surface area contributed by atoms with Crippen LogP contribution < -0.4 is 56.6 Å². The van der Waals surface area contributed by atoms with Crippen molar-refractivity contribution in [2.24, 2.45) is 0 Å². The van der Waals surface area contributed by atoms with Gasteiger partial charge in [-0.2, -0.15) is 9.97 Å². The molecule has 16 heterocycles. The maximum absolute atomic E-state index is 17.4. The Balaban J connectivity index is 0.643. The second-order valence-electron chi connectivity index (χ2n) is 30.0. The number of nitrogens with zero attached hydrogens (tertiary/aromatic N) is 16. The summed E-state index contributed by atoms with van der Waals surface area (Å²) in [6.45, 7) is -7.11. The van der Waals surface area contributed by atoms with Gasteiger partial charge in [-0.05, 0) is 0 Å². The summed E-state index contributed by atoms with van der Waals surface area (Å²) >= 11 is 0. The molecule has 11 unspecified atom stereocenters. The van der Waals surface area contributed by atoms with Gasteiger partial charge in [0.25, 0.3) is 22.2 Å². The molecule has 0 aliphatic carbocycles. The molecule has 16 rings (SSSR count). The number of phosphoric ester groups is 6. The van der Waals surface area contributed by atoms with Gasteiger partial charge >= 0.3 is 58.3 Å². The molecule has 0 saturated carbocycles. The highest BCUT2D eigenvalue weighted by Crippen LogP contribution is 2.58. The second kappa shape index (κ2) is 39.3. The Morgan fingerprint density at radius 3 is 0.963 bits per heavy atom. The number of anilines is 4. The first-order valence-electron chi connectivity index (χ1n) is 39.2. The van der Waals surface area contributed by atoms with Crippen LogP contribution in [-0.2, 0) is 129 Å². The van der Waals surface area contributed by atoms with Crippen molar-refractivity contribution in [2.75, 3.05) is 98.1 Å². The Kier molecular flexibility index (Phi) is 28.7. The summed E-state index contributed by atoms with van der Waals surface area (Å²) in [5.74, 6) is -1.13. The van der Waals surface area contributed by atoms with E-state index in [2.05, 4.69) is 59.8 Å². The average molecular weight is 2050 g/mol. The van der Waals surface area contributed by atoms with Crippen LogP contribution in [0.4, 0.5) is 32.3 Å². The summed E-state index contributed by atoms with van der Waals surface area (Å²) in [6, 6.07) is 1.50. The lowest BCUT2D eigenvalue weighted by Crippen LogP contribution is -2.40. The Hall–Kier alpha value is -9.56. The third-order valence-corrected chi connectivity index (χ3v) is 27.1. The SMILES string of the molecule is COC[C@H]1O[C@@H](n2cnc3c(=O)[nH]c(N)nc32)[C@@H](OC)C1OP(=O)(O)OC[C@H]1O[C@@H](n2cnc3c(=O)[nH]c(N)nc32)[C@@H](OC)C1OP(=O)(O)OC[C@H]1O[C@@H](n2cnc3c(N)ncnc32)[C@@H](OC)C1OP(=O)(O)OC[C@H]1O[C@@H](n2ccc(=O)[nH]c2=O)[C@@H](F)C1OP(=O)(O)OC[C@H]1O[C@@H](n2ccc(=O)[nH]c2=O)[C@@H](OC)C1OP(=O)(O)OC[C@H]1O[C@@H](n2cnc3c(N)ncnc32)[C@@H](F)C1OP(=O)(O)O. The van der Waals surface area contributed by atoms with Crippen molar-refractivity contribution in [3.05, 3.63) is 125 Å². The van der Waals surface area contributed by atoms with E-state index in [9.17, 15) is 90.4 Å². The third-order valence-electron chi connectivity index (χ3n) is 21.7. The van der Waals surface area contributed by atoms with Gasteiger partial charge in [0.2, 0.25) is 11.9 Å². The fourth-order valence-electron chi connectivity index (χ4n) is 15.8. The first kappa shape index (κ1) is 99.5. The van der Waals surface area contributed by atoms with E-state index in [0.717, 1.165) is 85.3 Å². The monoisotopic (exact) mass is 2050 g/mol. The second-order valence-corrected chi connectivity index (χ2v) is 38.2. The zero-order valence-electron chi connectivity index (χ0n) is 69.8. The molecule has 136 heavy (non-hydrogen) atoms. The highest BCUT2D eigenvalue weighted by molar-refractivity contribution is 7.48. The predicted octanol–water partition coefficient (Wildman–Crippen LogP) is -3.88. The molecule has 0 bridgehead atoms. The van der Waals surface area contributed by atoms with Crippen LogP contribution in [0.2, 0.25) is 0 Å². The van der Waals surface area contributed by atoms with E-state index in [1.54, 1.807) is 0 Å². The van der Waals surface area contributed by atoms with Crippen molar-refractivity contribution in [3.8, 4) is 0 Å². The molecule has 73 heteroatoms. The van der Waals surface area contributed by atoms with Crippen molar-refractivity contribution in [2.45, 2.75) is 147 Å². The minimum atomic E-state index is -6.10. The minimum Gasteiger partial charge on any atom is -0.382 e. The molecule has 742 valence electrons. The molecule has 0 aromatic carbocycles. The van der Waals surface area contributed by atoms with Crippen LogP contribution in [0.5, 0.6) is 0 Å². The number of alkyl halides is 2. The summed E-state index contributed by atoms with van der Waals surface area (Å²) in [6.07, 6.45) is -40.1. The summed E-state index contributed by atoms with van der Waals surface area (Å²) in [5, 5.41) is 0. The minimum absolute atomic E-state index is 0.0642. The van der Waals surface area contributed by atoms with E-state index in [1.165, 1.54) is 18.8 Å². The number of nitrogens with one attached hydrogen (secondary N) is 4. The van der Waals surface area contributed by atoms with E-state index in [0.29, 0.717) is 21.4 Å². The molecular formula is C63H80F2N24O41P6. The number of hydrogen-bond acceptors (Lipinski definition) is 48. The van der Waals surface area contributed by atoms with Crippen molar-refractivity contribution in [1.29, 1.82) is 0 Å². The van der Waals surface area contributed by atoms with Gasteiger partial charge in [0.15, 0.2) is 95.0 Å². The molecular weight excluding hydrogens is 1970 g/mol. The van der Waals surface area contributed by atoms with Gasteiger partial charge in [-0.15, -0.1) is 0 Å². The molecule has 10 aromatic rings.